The first kappa shape index (κ1) is 11.9. The van der Waals surface area contributed by atoms with E-state index in [1.165, 1.54) is 18.0 Å². The zero-order valence-electron chi connectivity index (χ0n) is 8.49. The fraction of sp³-hybridized carbons (Fsp3) is 0.778. The van der Waals surface area contributed by atoms with Crippen LogP contribution in [-0.2, 0) is 11.3 Å². The number of rotatable bonds is 6. The molecule has 0 aromatic carbocycles. The van der Waals surface area contributed by atoms with Crippen LogP contribution in [-0.4, -0.2) is 16.2 Å². The second-order valence-corrected chi connectivity index (χ2v) is 4.94. The van der Waals surface area contributed by atoms with Gasteiger partial charge < -0.3 is 4.74 Å². The van der Waals surface area contributed by atoms with Crippen molar-refractivity contribution in [2.75, 3.05) is 6.61 Å². The van der Waals surface area contributed by atoms with Gasteiger partial charge in [0.2, 0.25) is 0 Å². The van der Waals surface area contributed by atoms with Crippen molar-refractivity contribution >= 4 is 23.1 Å². The summed E-state index contributed by atoms with van der Waals surface area (Å²) in [6, 6.07) is 0. The van der Waals surface area contributed by atoms with Crippen molar-refractivity contribution in [1.82, 2.24) is 9.59 Å². The van der Waals surface area contributed by atoms with Crippen molar-refractivity contribution in [1.29, 1.82) is 0 Å². The van der Waals surface area contributed by atoms with Gasteiger partial charge in [-0.3, -0.25) is 0 Å². The van der Waals surface area contributed by atoms with Crippen molar-refractivity contribution in [2.45, 2.75) is 33.3 Å². The molecule has 0 N–H and O–H groups in total. The molecular weight excluding hydrogens is 220 g/mol. The summed E-state index contributed by atoms with van der Waals surface area (Å²) in [6.07, 6.45) is 2.29. The lowest BCUT2D eigenvalue weighted by molar-refractivity contribution is 0.112. The van der Waals surface area contributed by atoms with Gasteiger partial charge in [-0.25, -0.2) is 0 Å². The topological polar surface area (TPSA) is 35.0 Å². The maximum absolute atomic E-state index is 5.82. The van der Waals surface area contributed by atoms with Crippen molar-refractivity contribution in [3.05, 3.63) is 10.0 Å². The molecule has 1 aromatic heterocycles. The van der Waals surface area contributed by atoms with Crippen LogP contribution in [0.4, 0.5) is 0 Å². The number of halogens is 1. The van der Waals surface area contributed by atoms with Crippen molar-refractivity contribution in [3.63, 3.8) is 0 Å². The Hall–Kier alpha value is -0.190. The van der Waals surface area contributed by atoms with Crippen LogP contribution in [0, 0.1) is 5.92 Å². The van der Waals surface area contributed by atoms with Crippen LogP contribution >= 0.6 is 23.1 Å². The molecule has 0 aliphatic rings. The number of aromatic nitrogens is 2. The zero-order chi connectivity index (χ0) is 10.4. The quantitative estimate of drug-likeness (QED) is 0.710. The summed E-state index contributed by atoms with van der Waals surface area (Å²) in [5.74, 6) is 0.739. The maximum atomic E-state index is 5.82. The van der Waals surface area contributed by atoms with Crippen LogP contribution in [0.2, 0.25) is 4.34 Å². The number of hydrogen-bond donors (Lipinski definition) is 0. The van der Waals surface area contributed by atoms with Crippen LogP contribution in [0.15, 0.2) is 0 Å². The van der Waals surface area contributed by atoms with Gasteiger partial charge in [0.15, 0.2) is 0 Å². The molecule has 0 fully saturated rings. The summed E-state index contributed by atoms with van der Waals surface area (Å²) < 4.78 is 9.79. The van der Waals surface area contributed by atoms with Crippen molar-refractivity contribution in [3.8, 4) is 0 Å². The fourth-order valence-corrected chi connectivity index (χ4v) is 1.65. The minimum atomic E-state index is 0.480. The van der Waals surface area contributed by atoms with Gasteiger partial charge >= 0.3 is 0 Å². The Kier molecular flexibility index (Phi) is 5.37. The van der Waals surface area contributed by atoms with Gasteiger partial charge in [-0.1, -0.05) is 29.9 Å². The first-order valence-corrected chi connectivity index (χ1v) is 5.89. The number of ether oxygens (including phenoxy) is 1. The molecule has 0 spiro atoms. The third kappa shape index (κ3) is 4.35. The van der Waals surface area contributed by atoms with E-state index in [2.05, 4.69) is 23.4 Å². The SMILES string of the molecule is CC(C)CCCOCc1nnsc1Cl. The predicted octanol–water partition coefficient (Wildman–Crippen LogP) is 3.14. The van der Waals surface area contributed by atoms with E-state index in [0.29, 0.717) is 10.9 Å². The van der Waals surface area contributed by atoms with E-state index in [-0.39, 0.29) is 0 Å². The lowest BCUT2D eigenvalue weighted by Gasteiger charge is -2.04. The third-order valence-electron chi connectivity index (χ3n) is 1.82. The van der Waals surface area contributed by atoms with E-state index >= 15 is 0 Å². The summed E-state index contributed by atoms with van der Waals surface area (Å²) in [7, 11) is 0. The molecule has 0 aliphatic heterocycles. The molecule has 0 saturated heterocycles. The minimum Gasteiger partial charge on any atom is -0.375 e. The molecule has 0 bridgehead atoms. The highest BCUT2D eigenvalue weighted by Gasteiger charge is 2.04. The Balaban J connectivity index is 2.08. The largest absolute Gasteiger partial charge is 0.375 e. The van der Waals surface area contributed by atoms with Crippen molar-refractivity contribution in [2.24, 2.45) is 5.92 Å². The minimum absolute atomic E-state index is 0.480. The van der Waals surface area contributed by atoms with E-state index < -0.39 is 0 Å². The highest BCUT2D eigenvalue weighted by atomic mass is 35.5. The van der Waals surface area contributed by atoms with Gasteiger partial charge in [-0.05, 0) is 18.8 Å². The highest BCUT2D eigenvalue weighted by Crippen LogP contribution is 2.17. The first-order chi connectivity index (χ1) is 6.70. The van der Waals surface area contributed by atoms with E-state index in [1.54, 1.807) is 0 Å². The number of hydrogen-bond acceptors (Lipinski definition) is 4. The second-order valence-electron chi connectivity index (χ2n) is 3.58. The molecule has 0 amide bonds. The molecule has 80 valence electrons. The summed E-state index contributed by atoms with van der Waals surface area (Å²) in [5, 5.41) is 3.86. The zero-order valence-corrected chi connectivity index (χ0v) is 10.1. The Morgan fingerprint density at radius 1 is 1.50 bits per heavy atom. The molecule has 3 nitrogen and oxygen atoms in total. The molecule has 0 unspecified atom stereocenters. The molecule has 1 heterocycles. The average molecular weight is 235 g/mol. The monoisotopic (exact) mass is 234 g/mol. The molecule has 5 heteroatoms. The van der Waals surface area contributed by atoms with Crippen molar-refractivity contribution < 1.29 is 4.74 Å². The summed E-state index contributed by atoms with van der Waals surface area (Å²) in [5.41, 5.74) is 0.751. The Morgan fingerprint density at radius 3 is 2.86 bits per heavy atom. The summed E-state index contributed by atoms with van der Waals surface area (Å²) in [6.45, 7) is 5.67. The predicted molar refractivity (Wildman–Crippen MR) is 58.6 cm³/mol. The molecule has 0 atom stereocenters. The van der Waals surface area contributed by atoms with E-state index in [4.69, 9.17) is 16.3 Å². The van der Waals surface area contributed by atoms with Gasteiger partial charge in [-0.2, -0.15) is 0 Å². The highest BCUT2D eigenvalue weighted by molar-refractivity contribution is 7.10. The Morgan fingerprint density at radius 2 is 2.29 bits per heavy atom. The van der Waals surface area contributed by atoms with Crippen LogP contribution in [0.1, 0.15) is 32.4 Å². The summed E-state index contributed by atoms with van der Waals surface area (Å²) in [4.78, 5) is 0. The molecular formula is C9H15ClN2OS. The average Bonchev–Trinajstić information content (AvgIpc) is 2.51. The molecule has 1 aromatic rings. The van der Waals surface area contributed by atoms with E-state index in [9.17, 15) is 0 Å². The molecule has 14 heavy (non-hydrogen) atoms. The lowest BCUT2D eigenvalue weighted by Crippen LogP contribution is -1.98. The fourth-order valence-electron chi connectivity index (χ4n) is 1.05. The molecule has 0 aliphatic carbocycles. The second kappa shape index (κ2) is 6.32. The first-order valence-electron chi connectivity index (χ1n) is 4.74. The Labute approximate surface area is 93.6 Å². The smallest absolute Gasteiger partial charge is 0.139 e. The van der Waals surface area contributed by atoms with Gasteiger partial charge in [-0.15, -0.1) is 5.10 Å². The lowest BCUT2D eigenvalue weighted by atomic mass is 10.1. The van der Waals surface area contributed by atoms with Gasteiger partial charge in [0.1, 0.15) is 10.0 Å². The van der Waals surface area contributed by atoms with Crippen LogP contribution < -0.4 is 0 Å². The Bertz CT molecular complexity index is 265. The third-order valence-corrected chi connectivity index (χ3v) is 2.80. The van der Waals surface area contributed by atoms with E-state index in [0.717, 1.165) is 24.6 Å². The maximum Gasteiger partial charge on any atom is 0.139 e. The molecule has 0 radical (unpaired) electrons. The van der Waals surface area contributed by atoms with Crippen LogP contribution in [0.3, 0.4) is 0 Å². The van der Waals surface area contributed by atoms with Crippen LogP contribution in [0.5, 0.6) is 0 Å². The normalized spacial score (nSPS) is 11.1. The van der Waals surface area contributed by atoms with Gasteiger partial charge in [0, 0.05) is 18.1 Å². The molecule has 1 rings (SSSR count). The van der Waals surface area contributed by atoms with Gasteiger partial charge in [0.25, 0.3) is 0 Å². The molecule has 0 saturated carbocycles. The van der Waals surface area contributed by atoms with E-state index in [1.807, 2.05) is 0 Å². The number of nitrogens with zero attached hydrogens (tertiary/aromatic N) is 2. The summed E-state index contributed by atoms with van der Waals surface area (Å²) >= 11 is 7.01. The standard InChI is InChI=1S/C9H15ClN2OS/c1-7(2)4-3-5-13-6-8-9(10)14-12-11-8/h7H,3-6H2,1-2H3. The van der Waals surface area contributed by atoms with Crippen LogP contribution in [0.25, 0.3) is 0 Å². The van der Waals surface area contributed by atoms with Gasteiger partial charge in [0.05, 0.1) is 6.61 Å².